The van der Waals surface area contributed by atoms with Crippen LogP contribution >= 0.6 is 11.8 Å². The Balaban J connectivity index is 1.56. The SMILES string of the molecule is CCCn1c(C)cc(C(=O)CSc2nnc(CN3CCCCC3)n2-c2ccc(F)cc2)c1C. The zero-order valence-corrected chi connectivity index (χ0v) is 20.5. The molecule has 0 N–H and O–H groups in total. The number of benzene rings is 1. The first-order chi connectivity index (χ1) is 16.0. The quantitative estimate of drug-likeness (QED) is 0.319. The lowest BCUT2D eigenvalue weighted by molar-refractivity contribution is 0.102. The van der Waals surface area contributed by atoms with Crippen molar-refractivity contribution in [2.75, 3.05) is 18.8 Å². The lowest BCUT2D eigenvalue weighted by Crippen LogP contribution is -2.30. The Bertz CT molecular complexity index is 1100. The summed E-state index contributed by atoms with van der Waals surface area (Å²) in [7, 11) is 0. The highest BCUT2D eigenvalue weighted by Crippen LogP contribution is 2.26. The van der Waals surface area contributed by atoms with Gasteiger partial charge in [0, 0.05) is 29.2 Å². The van der Waals surface area contributed by atoms with E-state index in [9.17, 15) is 9.18 Å². The number of aryl methyl sites for hydroxylation is 1. The Kier molecular flexibility index (Phi) is 7.65. The minimum atomic E-state index is -0.281. The first-order valence-corrected chi connectivity index (χ1v) is 12.7. The molecule has 0 unspecified atom stereocenters. The van der Waals surface area contributed by atoms with Crippen LogP contribution in [0.2, 0.25) is 0 Å². The molecule has 3 aromatic rings. The Morgan fingerprint density at radius 2 is 1.82 bits per heavy atom. The van der Waals surface area contributed by atoms with E-state index in [1.165, 1.54) is 43.2 Å². The van der Waals surface area contributed by atoms with Crippen molar-refractivity contribution in [2.45, 2.75) is 64.7 Å². The van der Waals surface area contributed by atoms with Gasteiger partial charge in [0.25, 0.3) is 0 Å². The van der Waals surface area contributed by atoms with Crippen molar-refractivity contribution in [1.29, 1.82) is 0 Å². The number of Topliss-reactive ketones (excluding diaryl/α,β-unsaturated/α-hetero) is 1. The molecule has 1 saturated heterocycles. The van der Waals surface area contributed by atoms with Crippen molar-refractivity contribution < 1.29 is 9.18 Å². The summed E-state index contributed by atoms with van der Waals surface area (Å²) in [4.78, 5) is 15.5. The van der Waals surface area contributed by atoms with Gasteiger partial charge in [-0.3, -0.25) is 14.3 Å². The number of thioether (sulfide) groups is 1. The van der Waals surface area contributed by atoms with Crippen LogP contribution in [0.1, 0.15) is 60.2 Å². The van der Waals surface area contributed by atoms with Crippen LogP contribution in [0, 0.1) is 19.7 Å². The van der Waals surface area contributed by atoms with Gasteiger partial charge < -0.3 is 4.57 Å². The number of halogens is 1. The molecule has 3 heterocycles. The van der Waals surface area contributed by atoms with Gasteiger partial charge in [0.2, 0.25) is 0 Å². The minimum absolute atomic E-state index is 0.0849. The second-order valence-corrected chi connectivity index (χ2v) is 9.64. The lowest BCUT2D eigenvalue weighted by atomic mass is 10.1. The Labute approximate surface area is 199 Å². The monoisotopic (exact) mass is 469 g/mol. The van der Waals surface area contributed by atoms with E-state index in [1.807, 2.05) is 24.5 Å². The number of hydrogen-bond acceptors (Lipinski definition) is 5. The zero-order valence-electron chi connectivity index (χ0n) is 19.7. The number of aromatic nitrogens is 4. The van der Waals surface area contributed by atoms with Crippen molar-refractivity contribution in [2.24, 2.45) is 0 Å². The van der Waals surface area contributed by atoms with Crippen molar-refractivity contribution >= 4 is 17.5 Å². The maximum absolute atomic E-state index is 13.6. The Hall–Kier alpha value is -2.45. The van der Waals surface area contributed by atoms with Gasteiger partial charge in [0.05, 0.1) is 12.3 Å². The number of hydrogen-bond donors (Lipinski definition) is 0. The lowest BCUT2D eigenvalue weighted by Gasteiger charge is -2.26. The highest BCUT2D eigenvalue weighted by Gasteiger charge is 2.21. The number of likely N-dealkylation sites (tertiary alicyclic amines) is 1. The molecule has 1 fully saturated rings. The van der Waals surface area contributed by atoms with Crippen LogP contribution in [0.5, 0.6) is 0 Å². The number of carbonyl (C=O) groups is 1. The van der Waals surface area contributed by atoms with Crippen LogP contribution in [0.15, 0.2) is 35.5 Å². The van der Waals surface area contributed by atoms with Crippen LogP contribution in [0.4, 0.5) is 4.39 Å². The van der Waals surface area contributed by atoms with Crippen molar-refractivity contribution in [3.63, 3.8) is 0 Å². The number of ketones is 1. The van der Waals surface area contributed by atoms with Crippen LogP contribution in [0.25, 0.3) is 5.69 Å². The first-order valence-electron chi connectivity index (χ1n) is 11.7. The van der Waals surface area contributed by atoms with Crippen molar-refractivity contribution in [3.8, 4) is 5.69 Å². The minimum Gasteiger partial charge on any atom is -0.348 e. The van der Waals surface area contributed by atoms with Gasteiger partial charge in [-0.1, -0.05) is 25.1 Å². The van der Waals surface area contributed by atoms with E-state index in [0.29, 0.717) is 11.7 Å². The molecule has 2 aromatic heterocycles. The van der Waals surface area contributed by atoms with Gasteiger partial charge in [-0.05, 0) is 76.5 Å². The third-order valence-corrected chi connectivity index (χ3v) is 7.18. The van der Waals surface area contributed by atoms with Gasteiger partial charge >= 0.3 is 0 Å². The topological polar surface area (TPSA) is 56.0 Å². The fourth-order valence-electron chi connectivity index (χ4n) is 4.52. The summed E-state index contributed by atoms with van der Waals surface area (Å²) in [6, 6.07) is 8.36. The molecule has 6 nitrogen and oxygen atoms in total. The largest absolute Gasteiger partial charge is 0.348 e. The van der Waals surface area contributed by atoms with Gasteiger partial charge in [-0.15, -0.1) is 10.2 Å². The molecule has 4 rings (SSSR count). The van der Waals surface area contributed by atoms with Crippen LogP contribution in [0.3, 0.4) is 0 Å². The average molecular weight is 470 g/mol. The van der Waals surface area contributed by atoms with Crippen molar-refractivity contribution in [3.05, 3.63) is 58.9 Å². The molecule has 176 valence electrons. The van der Waals surface area contributed by atoms with E-state index in [-0.39, 0.29) is 17.4 Å². The zero-order chi connectivity index (χ0) is 23.4. The summed E-state index contributed by atoms with van der Waals surface area (Å²) in [6.07, 6.45) is 4.68. The smallest absolute Gasteiger partial charge is 0.196 e. The van der Waals surface area contributed by atoms with Gasteiger partial charge in [0.15, 0.2) is 16.8 Å². The van der Waals surface area contributed by atoms with E-state index in [2.05, 4.69) is 26.6 Å². The van der Waals surface area contributed by atoms with Gasteiger partial charge in [0.1, 0.15) is 5.82 Å². The van der Waals surface area contributed by atoms with Crippen molar-refractivity contribution in [1.82, 2.24) is 24.2 Å². The second-order valence-electron chi connectivity index (χ2n) is 8.70. The summed E-state index contributed by atoms with van der Waals surface area (Å²) in [5.41, 5.74) is 3.71. The Morgan fingerprint density at radius 3 is 2.52 bits per heavy atom. The predicted molar refractivity (Wildman–Crippen MR) is 130 cm³/mol. The van der Waals surface area contributed by atoms with E-state index in [4.69, 9.17) is 0 Å². The van der Waals surface area contributed by atoms with E-state index in [0.717, 1.165) is 54.5 Å². The van der Waals surface area contributed by atoms with E-state index >= 15 is 0 Å². The van der Waals surface area contributed by atoms with Crippen LogP contribution in [-0.4, -0.2) is 48.9 Å². The molecule has 1 aliphatic heterocycles. The molecule has 1 aliphatic rings. The highest BCUT2D eigenvalue weighted by atomic mass is 32.2. The molecule has 33 heavy (non-hydrogen) atoms. The molecule has 0 radical (unpaired) electrons. The number of carbonyl (C=O) groups excluding carboxylic acids is 1. The fraction of sp³-hybridized carbons (Fsp3) is 0.480. The molecule has 8 heteroatoms. The predicted octanol–water partition coefficient (Wildman–Crippen LogP) is 5.20. The molecule has 0 saturated carbocycles. The molecular formula is C25H32FN5OS. The normalized spacial score (nSPS) is 14.7. The van der Waals surface area contributed by atoms with Crippen LogP contribution < -0.4 is 0 Å². The summed E-state index contributed by atoms with van der Waals surface area (Å²) < 4.78 is 17.7. The van der Waals surface area contributed by atoms with Gasteiger partial charge in [-0.25, -0.2) is 4.39 Å². The maximum atomic E-state index is 13.6. The second kappa shape index (κ2) is 10.7. The Morgan fingerprint density at radius 1 is 1.09 bits per heavy atom. The summed E-state index contributed by atoms with van der Waals surface area (Å²) in [5, 5.41) is 9.54. The third kappa shape index (κ3) is 5.38. The average Bonchev–Trinajstić information content (AvgIpc) is 3.34. The summed E-state index contributed by atoms with van der Waals surface area (Å²) in [6.45, 7) is 9.89. The molecule has 0 amide bonds. The number of piperidine rings is 1. The third-order valence-electron chi connectivity index (χ3n) is 6.25. The van der Waals surface area contributed by atoms with E-state index in [1.54, 1.807) is 12.1 Å². The van der Waals surface area contributed by atoms with Crippen LogP contribution in [-0.2, 0) is 13.1 Å². The number of rotatable bonds is 9. The fourth-order valence-corrected chi connectivity index (χ4v) is 5.38. The molecule has 0 bridgehead atoms. The van der Waals surface area contributed by atoms with E-state index < -0.39 is 0 Å². The number of nitrogens with zero attached hydrogens (tertiary/aromatic N) is 5. The summed E-state index contributed by atoms with van der Waals surface area (Å²) >= 11 is 1.39. The molecular weight excluding hydrogens is 437 g/mol. The molecule has 0 spiro atoms. The van der Waals surface area contributed by atoms with Gasteiger partial charge in [-0.2, -0.15) is 0 Å². The molecule has 0 atom stereocenters. The standard InChI is InChI=1S/C25H32FN5OS/c1-4-12-30-18(2)15-22(19(30)3)23(32)17-33-25-28-27-24(16-29-13-6-5-7-14-29)31(25)21-10-8-20(26)9-11-21/h8-11,15H,4-7,12-14,16-17H2,1-3H3. The maximum Gasteiger partial charge on any atom is 0.196 e. The highest BCUT2D eigenvalue weighted by molar-refractivity contribution is 7.99. The summed E-state index contributed by atoms with van der Waals surface area (Å²) in [5.74, 6) is 0.900. The molecule has 0 aliphatic carbocycles. The molecule has 1 aromatic carbocycles. The first kappa shape index (κ1) is 23.7.